The molecule has 0 aliphatic carbocycles. The zero-order chi connectivity index (χ0) is 15.1. The van der Waals surface area contributed by atoms with Crippen molar-refractivity contribution in [3.05, 3.63) is 12.2 Å². The lowest BCUT2D eigenvalue weighted by Crippen LogP contribution is -2.30. The first kappa shape index (κ1) is 17.5. The molecule has 5 heteroatoms. The van der Waals surface area contributed by atoms with Crippen molar-refractivity contribution in [2.45, 2.75) is 46.4 Å². The zero-order valence-corrected chi connectivity index (χ0v) is 12.3. The molecule has 1 unspecified atom stereocenters. The maximum absolute atomic E-state index is 11.4. The van der Waals surface area contributed by atoms with E-state index in [2.05, 4.69) is 11.7 Å². The Balaban J connectivity index is 4.10. The summed E-state index contributed by atoms with van der Waals surface area (Å²) in [7, 11) is 0. The maximum atomic E-state index is 11.4. The normalized spacial score (nSPS) is 13.6. The van der Waals surface area contributed by atoms with E-state index in [0.717, 1.165) is 6.08 Å². The monoisotopic (exact) mass is 269 g/mol. The number of hydrogen-bond acceptors (Lipinski definition) is 5. The third-order valence-electron chi connectivity index (χ3n) is 2.28. The molecule has 5 nitrogen and oxygen atoms in total. The number of ketones is 1. The van der Waals surface area contributed by atoms with Gasteiger partial charge in [-0.15, -0.1) is 0 Å². The van der Waals surface area contributed by atoms with Crippen molar-refractivity contribution in [2.75, 3.05) is 6.61 Å². The predicted octanol–water partition coefficient (Wildman–Crippen LogP) is 2.15. The number of allylic oxidation sites excluding steroid dienone is 1. The Morgan fingerprint density at radius 2 is 1.84 bits per heavy atom. The number of nitrogens with zero attached hydrogens (tertiary/aromatic N) is 1. The zero-order valence-electron chi connectivity index (χ0n) is 12.3. The second-order valence-electron chi connectivity index (χ2n) is 5.05. The summed E-state index contributed by atoms with van der Waals surface area (Å²) in [5, 5.41) is 0. The average Bonchev–Trinajstić information content (AvgIpc) is 2.32. The molecule has 0 spiro atoms. The lowest BCUT2D eigenvalue weighted by atomic mass is 10.1. The first-order valence-electron chi connectivity index (χ1n) is 6.22. The Labute approximate surface area is 114 Å². The van der Waals surface area contributed by atoms with Crippen LogP contribution in [0.2, 0.25) is 0 Å². The highest BCUT2D eigenvalue weighted by atomic mass is 16.6. The molecule has 0 amide bonds. The fraction of sp³-hybridized carbons (Fsp3) is 0.643. The highest BCUT2D eigenvalue weighted by molar-refractivity contribution is 5.96. The number of esters is 1. The van der Waals surface area contributed by atoms with Gasteiger partial charge in [-0.05, 0) is 33.6 Å². The average molecular weight is 269 g/mol. The number of ether oxygens (including phenoxy) is 2. The Morgan fingerprint density at radius 3 is 2.32 bits per heavy atom. The second kappa shape index (κ2) is 7.84. The van der Waals surface area contributed by atoms with Crippen molar-refractivity contribution in [1.29, 1.82) is 0 Å². The summed E-state index contributed by atoms with van der Waals surface area (Å²) in [6.07, 6.45) is 2.05. The third-order valence-corrected chi connectivity index (χ3v) is 2.28. The number of rotatable bonds is 8. The summed E-state index contributed by atoms with van der Waals surface area (Å²) in [4.78, 5) is 26.4. The SMILES string of the molecule is C=NC(C)(C)OC(C)COC(=O)/C=C/C(=O)C(C)C. The number of hydrogen-bond donors (Lipinski definition) is 0. The van der Waals surface area contributed by atoms with Gasteiger partial charge in [0.15, 0.2) is 11.5 Å². The molecule has 0 aromatic rings. The first-order valence-corrected chi connectivity index (χ1v) is 6.22. The minimum atomic E-state index is -0.713. The molecular weight excluding hydrogens is 246 g/mol. The molecule has 0 saturated heterocycles. The highest BCUT2D eigenvalue weighted by Crippen LogP contribution is 2.13. The molecule has 0 aliphatic heterocycles. The van der Waals surface area contributed by atoms with E-state index in [1.165, 1.54) is 6.08 Å². The fourth-order valence-electron chi connectivity index (χ4n) is 1.15. The Morgan fingerprint density at radius 1 is 1.26 bits per heavy atom. The Hall–Kier alpha value is -1.49. The lowest BCUT2D eigenvalue weighted by molar-refractivity contribution is -0.146. The molecule has 0 aromatic carbocycles. The summed E-state index contributed by atoms with van der Waals surface area (Å²) in [6, 6.07) is 0. The molecule has 0 rings (SSSR count). The van der Waals surface area contributed by atoms with Gasteiger partial charge < -0.3 is 9.47 Å². The lowest BCUT2D eigenvalue weighted by Gasteiger charge is -2.24. The van der Waals surface area contributed by atoms with Gasteiger partial charge in [0.25, 0.3) is 0 Å². The van der Waals surface area contributed by atoms with Crippen LogP contribution in [0.15, 0.2) is 17.1 Å². The molecule has 0 N–H and O–H groups in total. The minimum Gasteiger partial charge on any atom is -0.460 e. The molecule has 0 radical (unpaired) electrons. The van der Waals surface area contributed by atoms with Crippen LogP contribution in [0, 0.1) is 5.92 Å². The van der Waals surface area contributed by atoms with Crippen molar-refractivity contribution in [3.63, 3.8) is 0 Å². The summed E-state index contributed by atoms with van der Waals surface area (Å²) >= 11 is 0. The molecule has 1 atom stereocenters. The standard InChI is InChI=1S/C14H23NO4/c1-10(2)12(16)7-8-13(17)18-9-11(3)19-14(4,5)15-6/h7-8,10-11H,6,9H2,1-5H3/b8-7+. The molecule has 0 bridgehead atoms. The Kier molecular flexibility index (Phi) is 7.22. The first-order chi connectivity index (χ1) is 8.68. The molecular formula is C14H23NO4. The van der Waals surface area contributed by atoms with E-state index >= 15 is 0 Å². The van der Waals surface area contributed by atoms with Crippen LogP contribution in [-0.2, 0) is 19.1 Å². The van der Waals surface area contributed by atoms with Crippen molar-refractivity contribution < 1.29 is 19.1 Å². The van der Waals surface area contributed by atoms with Crippen LogP contribution in [0.25, 0.3) is 0 Å². The van der Waals surface area contributed by atoms with E-state index in [1.54, 1.807) is 34.6 Å². The van der Waals surface area contributed by atoms with Crippen LogP contribution in [-0.4, -0.2) is 36.9 Å². The fourth-order valence-corrected chi connectivity index (χ4v) is 1.15. The van der Waals surface area contributed by atoms with Crippen molar-refractivity contribution >= 4 is 18.5 Å². The Bertz CT molecular complexity index is 358. The van der Waals surface area contributed by atoms with Crippen LogP contribution in [0.4, 0.5) is 0 Å². The van der Waals surface area contributed by atoms with Gasteiger partial charge >= 0.3 is 5.97 Å². The van der Waals surface area contributed by atoms with E-state index in [9.17, 15) is 9.59 Å². The van der Waals surface area contributed by atoms with Crippen LogP contribution in [0.3, 0.4) is 0 Å². The van der Waals surface area contributed by atoms with E-state index in [4.69, 9.17) is 9.47 Å². The van der Waals surface area contributed by atoms with Gasteiger partial charge in [-0.2, -0.15) is 0 Å². The summed E-state index contributed by atoms with van der Waals surface area (Å²) < 4.78 is 10.5. The van der Waals surface area contributed by atoms with Crippen molar-refractivity contribution in [3.8, 4) is 0 Å². The van der Waals surface area contributed by atoms with Gasteiger partial charge in [0, 0.05) is 12.0 Å². The minimum absolute atomic E-state index is 0.0952. The van der Waals surface area contributed by atoms with Crippen molar-refractivity contribution in [1.82, 2.24) is 0 Å². The van der Waals surface area contributed by atoms with Gasteiger partial charge in [-0.1, -0.05) is 13.8 Å². The highest BCUT2D eigenvalue weighted by Gasteiger charge is 2.19. The number of aliphatic imine (C=N–C) groups is 1. The van der Waals surface area contributed by atoms with Crippen LogP contribution in [0.1, 0.15) is 34.6 Å². The predicted molar refractivity (Wildman–Crippen MR) is 74.1 cm³/mol. The van der Waals surface area contributed by atoms with E-state index in [1.807, 2.05) is 0 Å². The smallest absolute Gasteiger partial charge is 0.330 e. The summed E-state index contributed by atoms with van der Waals surface area (Å²) in [6.45, 7) is 12.3. The number of carbonyl (C=O) groups is 2. The molecule has 0 aromatic heterocycles. The van der Waals surface area contributed by atoms with Gasteiger partial charge in [0.1, 0.15) is 6.61 Å². The second-order valence-corrected chi connectivity index (χ2v) is 5.05. The summed E-state index contributed by atoms with van der Waals surface area (Å²) in [5.41, 5.74) is -0.713. The van der Waals surface area contributed by atoms with Gasteiger partial charge in [0.05, 0.1) is 6.10 Å². The summed E-state index contributed by atoms with van der Waals surface area (Å²) in [5.74, 6) is -0.808. The van der Waals surface area contributed by atoms with Crippen LogP contribution >= 0.6 is 0 Å². The number of carbonyl (C=O) groups excluding carboxylic acids is 2. The molecule has 0 heterocycles. The molecule has 108 valence electrons. The van der Waals surface area contributed by atoms with Gasteiger partial charge in [0.2, 0.25) is 0 Å². The van der Waals surface area contributed by atoms with Gasteiger partial charge in [-0.3, -0.25) is 9.79 Å². The van der Waals surface area contributed by atoms with Crippen LogP contribution in [0.5, 0.6) is 0 Å². The third kappa shape index (κ3) is 8.26. The largest absolute Gasteiger partial charge is 0.460 e. The molecule has 19 heavy (non-hydrogen) atoms. The van der Waals surface area contributed by atoms with E-state index < -0.39 is 11.7 Å². The van der Waals surface area contributed by atoms with Crippen molar-refractivity contribution in [2.24, 2.45) is 10.9 Å². The quantitative estimate of drug-likeness (QED) is 0.385. The van der Waals surface area contributed by atoms with Crippen LogP contribution < -0.4 is 0 Å². The maximum Gasteiger partial charge on any atom is 0.330 e. The van der Waals surface area contributed by atoms with E-state index in [-0.39, 0.29) is 24.4 Å². The molecule has 0 aliphatic rings. The van der Waals surface area contributed by atoms with Gasteiger partial charge in [-0.25, -0.2) is 4.79 Å². The molecule has 0 fully saturated rings. The van der Waals surface area contributed by atoms with E-state index in [0.29, 0.717) is 0 Å². The molecule has 0 saturated carbocycles. The topological polar surface area (TPSA) is 65.0 Å².